The van der Waals surface area contributed by atoms with Crippen molar-refractivity contribution in [2.75, 3.05) is 0 Å². The molecule has 0 saturated heterocycles. The highest BCUT2D eigenvalue weighted by Gasteiger charge is 2.20. The molecule has 32 heavy (non-hydrogen) atoms. The highest BCUT2D eigenvalue weighted by molar-refractivity contribution is 6.23. The summed E-state index contributed by atoms with van der Waals surface area (Å²) < 4.78 is 3.12. The number of benzene rings is 5. The summed E-state index contributed by atoms with van der Waals surface area (Å²) >= 11 is 0. The molecule has 5 aromatic carbocycles. The maximum Gasteiger partial charge on any atom is 0.321 e. The number of nitrogens with zero attached hydrogens (tertiary/aromatic N) is 2. The van der Waals surface area contributed by atoms with E-state index in [1.165, 1.54) is 0 Å². The topological polar surface area (TPSA) is 44.0 Å². The van der Waals surface area contributed by atoms with Gasteiger partial charge in [-0.3, -0.25) is 18.7 Å². The minimum atomic E-state index is -0.576. The Bertz CT molecular complexity index is 1620. The number of aromatic nitrogens is 2. The molecule has 0 unspecified atom stereocenters. The summed E-state index contributed by atoms with van der Waals surface area (Å²) in [5.74, 6) is 0. The summed E-state index contributed by atoms with van der Waals surface area (Å²) in [6, 6.07) is 34.8. The molecule has 0 amide bonds. The molecule has 0 saturated carbocycles. The van der Waals surface area contributed by atoms with Gasteiger partial charge in [-0.2, -0.15) is 0 Å². The summed E-state index contributed by atoms with van der Waals surface area (Å²) in [5.41, 5.74) is 1.62. The van der Waals surface area contributed by atoms with Gasteiger partial charge in [-0.25, -0.2) is 0 Å². The van der Waals surface area contributed by atoms with E-state index >= 15 is 0 Å². The van der Waals surface area contributed by atoms with Gasteiger partial charge >= 0.3 is 11.1 Å². The van der Waals surface area contributed by atoms with Crippen LogP contribution in [0.4, 0.5) is 0 Å². The van der Waals surface area contributed by atoms with E-state index in [2.05, 4.69) is 12.1 Å². The fourth-order valence-corrected chi connectivity index (χ4v) is 4.60. The van der Waals surface area contributed by atoms with Crippen molar-refractivity contribution in [3.05, 3.63) is 130 Å². The first-order valence-corrected chi connectivity index (χ1v) is 10.5. The normalized spacial score (nSPS) is 11.4. The third kappa shape index (κ3) is 2.56. The van der Waals surface area contributed by atoms with Gasteiger partial charge in [-0.05, 0) is 35.0 Å². The lowest BCUT2D eigenvalue weighted by Crippen LogP contribution is -2.40. The lowest BCUT2D eigenvalue weighted by Gasteiger charge is -2.19. The van der Waals surface area contributed by atoms with Gasteiger partial charge in [0.05, 0.1) is 11.0 Å². The molecule has 0 bridgehead atoms. The molecule has 152 valence electrons. The third-order valence-electron chi connectivity index (χ3n) is 5.94. The zero-order chi connectivity index (χ0) is 21.7. The molecule has 0 atom stereocenters. The zero-order valence-corrected chi connectivity index (χ0v) is 17.1. The molecular weight excluding hydrogens is 396 g/mol. The van der Waals surface area contributed by atoms with Crippen molar-refractivity contribution >= 4 is 32.6 Å². The van der Waals surface area contributed by atoms with Gasteiger partial charge in [0.2, 0.25) is 0 Å². The van der Waals surface area contributed by atoms with Crippen LogP contribution in [-0.4, -0.2) is 9.13 Å². The molecule has 0 aliphatic rings. The van der Waals surface area contributed by atoms with Crippen LogP contribution in [0, 0.1) is 0 Å². The SMILES string of the molecule is O=c1c(=O)n(-c2ccccc2)c2c3ccccc3c3ccccc3c2n1-c1ccccc1. The van der Waals surface area contributed by atoms with Crippen molar-refractivity contribution in [3.63, 3.8) is 0 Å². The van der Waals surface area contributed by atoms with Crippen LogP contribution in [0.25, 0.3) is 44.0 Å². The number of para-hydroxylation sites is 2. The Hall–Kier alpha value is -4.44. The molecule has 0 fully saturated rings. The Morgan fingerprint density at radius 2 is 0.688 bits per heavy atom. The Labute approximate surface area is 183 Å². The Morgan fingerprint density at radius 3 is 1.06 bits per heavy atom. The number of hydrogen-bond acceptors (Lipinski definition) is 2. The lowest BCUT2D eigenvalue weighted by molar-refractivity contribution is 0.924. The van der Waals surface area contributed by atoms with Crippen LogP contribution in [0.1, 0.15) is 0 Å². The average Bonchev–Trinajstić information content (AvgIpc) is 2.86. The third-order valence-corrected chi connectivity index (χ3v) is 5.94. The highest BCUT2D eigenvalue weighted by atomic mass is 16.2. The standard InChI is InChI=1S/C28H18N2O2/c31-27-28(32)30(20-13-5-2-6-14-20)26-24-18-10-8-16-22(24)21-15-7-9-17-23(21)25(26)29(27)19-11-3-1-4-12-19/h1-18H. The minimum Gasteiger partial charge on any atom is -0.270 e. The van der Waals surface area contributed by atoms with Crippen molar-refractivity contribution in [1.82, 2.24) is 9.13 Å². The van der Waals surface area contributed by atoms with E-state index in [-0.39, 0.29) is 0 Å². The Kier molecular flexibility index (Phi) is 4.05. The van der Waals surface area contributed by atoms with Gasteiger partial charge in [0, 0.05) is 22.1 Å². The smallest absolute Gasteiger partial charge is 0.270 e. The molecule has 4 heteroatoms. The van der Waals surface area contributed by atoms with Gasteiger partial charge in [0.1, 0.15) is 0 Å². The maximum absolute atomic E-state index is 13.6. The fraction of sp³-hybridized carbons (Fsp3) is 0. The second kappa shape index (κ2) is 7.06. The average molecular weight is 414 g/mol. The van der Waals surface area contributed by atoms with Crippen molar-refractivity contribution < 1.29 is 0 Å². The number of fused-ring (bicyclic) bond motifs is 6. The molecule has 0 radical (unpaired) electrons. The van der Waals surface area contributed by atoms with Gasteiger partial charge in [-0.15, -0.1) is 0 Å². The fourth-order valence-electron chi connectivity index (χ4n) is 4.60. The summed E-state index contributed by atoms with van der Waals surface area (Å²) in [4.78, 5) is 27.2. The Balaban J connectivity index is 2.01. The number of rotatable bonds is 2. The van der Waals surface area contributed by atoms with Crippen molar-refractivity contribution in [2.24, 2.45) is 0 Å². The van der Waals surface area contributed by atoms with Crippen LogP contribution in [0.3, 0.4) is 0 Å². The molecule has 0 spiro atoms. The summed E-state index contributed by atoms with van der Waals surface area (Å²) in [5, 5.41) is 3.93. The van der Waals surface area contributed by atoms with Gasteiger partial charge in [0.25, 0.3) is 0 Å². The van der Waals surface area contributed by atoms with Crippen LogP contribution in [0.5, 0.6) is 0 Å². The zero-order valence-electron chi connectivity index (χ0n) is 17.1. The van der Waals surface area contributed by atoms with Crippen LogP contribution >= 0.6 is 0 Å². The van der Waals surface area contributed by atoms with E-state index in [0.29, 0.717) is 11.4 Å². The van der Waals surface area contributed by atoms with Crippen LogP contribution in [0.2, 0.25) is 0 Å². The highest BCUT2D eigenvalue weighted by Crippen LogP contribution is 2.35. The van der Waals surface area contributed by atoms with Gasteiger partial charge in [-0.1, -0.05) is 84.9 Å². The lowest BCUT2D eigenvalue weighted by atomic mass is 9.98. The second-order valence-electron chi connectivity index (χ2n) is 7.74. The predicted octanol–water partition coefficient (Wildman–Crippen LogP) is 5.45. The largest absolute Gasteiger partial charge is 0.321 e. The molecule has 0 aliphatic carbocycles. The van der Waals surface area contributed by atoms with Gasteiger partial charge in [0.15, 0.2) is 0 Å². The predicted molar refractivity (Wildman–Crippen MR) is 130 cm³/mol. The quantitative estimate of drug-likeness (QED) is 0.279. The van der Waals surface area contributed by atoms with Crippen LogP contribution in [0.15, 0.2) is 119 Å². The first-order valence-electron chi connectivity index (χ1n) is 10.5. The van der Waals surface area contributed by atoms with Crippen LogP contribution < -0.4 is 11.1 Å². The molecule has 4 nitrogen and oxygen atoms in total. The first-order chi connectivity index (χ1) is 15.8. The van der Waals surface area contributed by atoms with E-state index in [1.54, 1.807) is 9.13 Å². The minimum absolute atomic E-state index is 0.576. The van der Waals surface area contributed by atoms with Gasteiger partial charge < -0.3 is 0 Å². The van der Waals surface area contributed by atoms with Crippen molar-refractivity contribution in [1.29, 1.82) is 0 Å². The van der Waals surface area contributed by atoms with E-state index in [1.807, 2.05) is 97.1 Å². The maximum atomic E-state index is 13.6. The molecule has 1 heterocycles. The van der Waals surface area contributed by atoms with E-state index in [4.69, 9.17) is 0 Å². The summed E-state index contributed by atoms with van der Waals surface area (Å²) in [6.45, 7) is 0. The van der Waals surface area contributed by atoms with Crippen molar-refractivity contribution in [2.45, 2.75) is 0 Å². The number of hydrogen-bond donors (Lipinski definition) is 0. The molecule has 6 rings (SSSR count). The molecular formula is C28H18N2O2. The second-order valence-corrected chi connectivity index (χ2v) is 7.74. The van der Waals surface area contributed by atoms with Crippen LogP contribution in [-0.2, 0) is 0 Å². The summed E-state index contributed by atoms with van der Waals surface area (Å²) in [6.07, 6.45) is 0. The summed E-state index contributed by atoms with van der Waals surface area (Å²) in [7, 11) is 0. The molecule has 0 N–H and O–H groups in total. The van der Waals surface area contributed by atoms with E-state index in [0.717, 1.165) is 32.6 Å². The van der Waals surface area contributed by atoms with E-state index in [9.17, 15) is 9.59 Å². The van der Waals surface area contributed by atoms with Crippen molar-refractivity contribution in [3.8, 4) is 11.4 Å². The molecule has 6 aromatic rings. The monoisotopic (exact) mass is 414 g/mol. The first kappa shape index (κ1) is 18.3. The Morgan fingerprint density at radius 1 is 0.375 bits per heavy atom. The molecule has 1 aromatic heterocycles. The van der Waals surface area contributed by atoms with E-state index < -0.39 is 11.1 Å². The molecule has 0 aliphatic heterocycles.